The van der Waals surface area contributed by atoms with Crippen molar-refractivity contribution in [2.45, 2.75) is 11.8 Å². The van der Waals surface area contributed by atoms with Gasteiger partial charge < -0.3 is 10.5 Å². The lowest BCUT2D eigenvalue weighted by molar-refractivity contribution is 0.456. The summed E-state index contributed by atoms with van der Waals surface area (Å²) < 4.78 is 28.4. The fourth-order valence-corrected chi connectivity index (χ4v) is 2.09. The Hall–Kier alpha value is -2.15. The Bertz CT molecular complexity index is 714. The van der Waals surface area contributed by atoms with Gasteiger partial charge in [0.2, 0.25) is 5.88 Å². The molecule has 2 rings (SSSR count). The first-order chi connectivity index (χ1) is 8.88. The van der Waals surface area contributed by atoms with Crippen LogP contribution in [0.3, 0.4) is 0 Å². The molecule has 0 aliphatic carbocycles. The fourth-order valence-electron chi connectivity index (χ4n) is 1.43. The predicted octanol–water partition coefficient (Wildman–Crippen LogP) is 1.56. The zero-order valence-electron chi connectivity index (χ0n) is 10.5. The van der Waals surface area contributed by atoms with Crippen molar-refractivity contribution in [3.8, 4) is 11.6 Å². The predicted molar refractivity (Wildman–Crippen MR) is 70.8 cm³/mol. The van der Waals surface area contributed by atoms with Gasteiger partial charge in [0.25, 0.3) is 0 Å². The van der Waals surface area contributed by atoms with E-state index in [2.05, 4.69) is 9.97 Å². The van der Waals surface area contributed by atoms with Crippen LogP contribution in [0, 0.1) is 6.92 Å². The Kier molecular flexibility index (Phi) is 3.39. The third-order valence-electron chi connectivity index (χ3n) is 2.52. The molecule has 2 N–H and O–H groups in total. The summed E-state index contributed by atoms with van der Waals surface area (Å²) in [6, 6.07) is 6.19. The van der Waals surface area contributed by atoms with Crippen LogP contribution in [-0.2, 0) is 9.84 Å². The minimum Gasteiger partial charge on any atom is -0.439 e. The van der Waals surface area contributed by atoms with Crippen LogP contribution in [0.1, 0.15) is 5.56 Å². The van der Waals surface area contributed by atoms with Gasteiger partial charge in [-0.1, -0.05) is 6.07 Å². The van der Waals surface area contributed by atoms with Crippen LogP contribution < -0.4 is 10.5 Å². The van der Waals surface area contributed by atoms with E-state index in [1.54, 1.807) is 19.1 Å². The number of rotatable bonds is 3. The van der Waals surface area contributed by atoms with Crippen molar-refractivity contribution in [3.63, 3.8) is 0 Å². The molecule has 1 aromatic heterocycles. The van der Waals surface area contributed by atoms with Crippen LogP contribution >= 0.6 is 0 Å². The summed E-state index contributed by atoms with van der Waals surface area (Å²) in [4.78, 5) is 7.98. The SMILES string of the molecule is Cc1c(N)ncnc1Oc1cccc(S(C)(=O)=O)c1. The lowest BCUT2D eigenvalue weighted by atomic mass is 10.3. The van der Waals surface area contributed by atoms with E-state index >= 15 is 0 Å². The summed E-state index contributed by atoms with van der Waals surface area (Å²) in [5, 5.41) is 0. The molecule has 0 atom stereocenters. The number of sulfone groups is 1. The first kappa shape index (κ1) is 13.3. The molecule has 0 aliphatic heterocycles. The van der Waals surface area contributed by atoms with E-state index < -0.39 is 9.84 Å². The van der Waals surface area contributed by atoms with E-state index in [1.165, 1.54) is 18.5 Å². The van der Waals surface area contributed by atoms with Crippen LogP contribution in [0.4, 0.5) is 5.82 Å². The van der Waals surface area contributed by atoms with E-state index in [-0.39, 0.29) is 4.90 Å². The summed E-state index contributed by atoms with van der Waals surface area (Å²) in [5.74, 6) is 1.01. The van der Waals surface area contributed by atoms with Gasteiger partial charge in [0, 0.05) is 6.26 Å². The van der Waals surface area contributed by atoms with Crippen molar-refractivity contribution in [2.75, 3.05) is 12.0 Å². The lowest BCUT2D eigenvalue weighted by Crippen LogP contribution is -2.00. The highest BCUT2D eigenvalue weighted by atomic mass is 32.2. The monoisotopic (exact) mass is 279 g/mol. The van der Waals surface area contributed by atoms with Gasteiger partial charge >= 0.3 is 0 Å². The molecule has 7 heteroatoms. The molecule has 0 amide bonds. The minimum atomic E-state index is -3.27. The molecular formula is C12H13N3O3S. The number of nitrogen functional groups attached to an aromatic ring is 1. The van der Waals surface area contributed by atoms with Gasteiger partial charge in [-0.2, -0.15) is 0 Å². The molecule has 19 heavy (non-hydrogen) atoms. The molecule has 0 saturated carbocycles. The molecule has 0 saturated heterocycles. The molecule has 1 aromatic carbocycles. The molecule has 0 spiro atoms. The number of anilines is 1. The molecule has 0 fully saturated rings. The van der Waals surface area contributed by atoms with Crippen LogP contribution in [0.25, 0.3) is 0 Å². The second-order valence-electron chi connectivity index (χ2n) is 4.04. The Labute approximate surface area is 111 Å². The number of hydrogen-bond donors (Lipinski definition) is 1. The molecule has 6 nitrogen and oxygen atoms in total. The Morgan fingerprint density at radius 2 is 2.00 bits per heavy atom. The Morgan fingerprint density at radius 1 is 1.26 bits per heavy atom. The van der Waals surface area contributed by atoms with E-state index in [9.17, 15) is 8.42 Å². The van der Waals surface area contributed by atoms with Crippen LogP contribution in [0.5, 0.6) is 11.6 Å². The standard InChI is InChI=1S/C12H13N3O3S/c1-8-11(13)14-7-15-12(8)18-9-4-3-5-10(6-9)19(2,16)17/h3-7H,1-2H3,(H2,13,14,15). The summed E-state index contributed by atoms with van der Waals surface area (Å²) in [6.07, 6.45) is 2.43. The van der Waals surface area contributed by atoms with Gasteiger partial charge in [-0.15, -0.1) is 0 Å². The maximum atomic E-state index is 11.5. The third kappa shape index (κ3) is 3.00. The van der Waals surface area contributed by atoms with Crippen molar-refractivity contribution in [1.29, 1.82) is 0 Å². The fraction of sp³-hybridized carbons (Fsp3) is 0.167. The summed E-state index contributed by atoms with van der Waals surface area (Å²) >= 11 is 0. The third-order valence-corrected chi connectivity index (χ3v) is 3.64. The maximum absolute atomic E-state index is 11.5. The zero-order valence-corrected chi connectivity index (χ0v) is 11.3. The van der Waals surface area contributed by atoms with Crippen molar-refractivity contribution in [2.24, 2.45) is 0 Å². The summed E-state index contributed by atoms with van der Waals surface area (Å²) in [6.45, 7) is 1.73. The maximum Gasteiger partial charge on any atom is 0.227 e. The highest BCUT2D eigenvalue weighted by Crippen LogP contribution is 2.26. The Morgan fingerprint density at radius 3 is 2.68 bits per heavy atom. The van der Waals surface area contributed by atoms with Crippen LogP contribution in [-0.4, -0.2) is 24.6 Å². The van der Waals surface area contributed by atoms with E-state index in [0.717, 1.165) is 6.26 Å². The highest BCUT2D eigenvalue weighted by Gasteiger charge is 2.10. The molecule has 0 bridgehead atoms. The van der Waals surface area contributed by atoms with Crippen LogP contribution in [0.2, 0.25) is 0 Å². The number of ether oxygens (including phenoxy) is 1. The second-order valence-corrected chi connectivity index (χ2v) is 6.05. The van der Waals surface area contributed by atoms with Crippen LogP contribution in [0.15, 0.2) is 35.5 Å². The van der Waals surface area contributed by atoms with E-state index in [0.29, 0.717) is 23.0 Å². The average molecular weight is 279 g/mol. The molecular weight excluding hydrogens is 266 g/mol. The second kappa shape index (κ2) is 4.85. The highest BCUT2D eigenvalue weighted by molar-refractivity contribution is 7.90. The van der Waals surface area contributed by atoms with Crippen molar-refractivity contribution in [1.82, 2.24) is 9.97 Å². The first-order valence-corrected chi connectivity index (χ1v) is 7.32. The van der Waals surface area contributed by atoms with Crippen molar-refractivity contribution >= 4 is 15.7 Å². The smallest absolute Gasteiger partial charge is 0.227 e. The van der Waals surface area contributed by atoms with Gasteiger partial charge in [-0.25, -0.2) is 18.4 Å². The number of hydrogen-bond acceptors (Lipinski definition) is 6. The topological polar surface area (TPSA) is 95.2 Å². The van der Waals surface area contributed by atoms with E-state index in [1.807, 2.05) is 0 Å². The lowest BCUT2D eigenvalue weighted by Gasteiger charge is -2.09. The quantitative estimate of drug-likeness (QED) is 0.916. The van der Waals surface area contributed by atoms with Gasteiger partial charge in [0.1, 0.15) is 17.9 Å². The van der Waals surface area contributed by atoms with Gasteiger partial charge in [-0.05, 0) is 25.1 Å². The average Bonchev–Trinajstić information content (AvgIpc) is 2.34. The normalized spacial score (nSPS) is 11.3. The molecule has 2 aromatic rings. The molecule has 0 radical (unpaired) electrons. The van der Waals surface area contributed by atoms with Gasteiger partial charge in [-0.3, -0.25) is 0 Å². The number of benzene rings is 1. The number of aromatic nitrogens is 2. The largest absolute Gasteiger partial charge is 0.439 e. The van der Waals surface area contributed by atoms with Gasteiger partial charge in [0.15, 0.2) is 9.84 Å². The summed E-state index contributed by atoms with van der Waals surface area (Å²) in [7, 11) is -3.27. The summed E-state index contributed by atoms with van der Waals surface area (Å²) in [5.41, 5.74) is 6.25. The van der Waals surface area contributed by atoms with E-state index in [4.69, 9.17) is 10.5 Å². The molecule has 1 heterocycles. The zero-order chi connectivity index (χ0) is 14.0. The molecule has 0 aliphatic rings. The molecule has 100 valence electrons. The number of nitrogens with zero attached hydrogens (tertiary/aromatic N) is 2. The van der Waals surface area contributed by atoms with Crippen molar-refractivity contribution in [3.05, 3.63) is 36.2 Å². The van der Waals surface area contributed by atoms with Gasteiger partial charge in [0.05, 0.1) is 10.5 Å². The van der Waals surface area contributed by atoms with Crippen molar-refractivity contribution < 1.29 is 13.2 Å². The number of nitrogens with two attached hydrogens (primary N) is 1. The first-order valence-electron chi connectivity index (χ1n) is 5.43. The molecule has 0 unspecified atom stereocenters. The Balaban J connectivity index is 2.37. The minimum absolute atomic E-state index is 0.185.